The van der Waals surface area contributed by atoms with Gasteiger partial charge in [-0.3, -0.25) is 0 Å². The summed E-state index contributed by atoms with van der Waals surface area (Å²) in [4.78, 5) is 0. The number of terminal acetylenes is 1. The van der Waals surface area contributed by atoms with Gasteiger partial charge in [0.2, 0.25) is 0 Å². The zero-order valence-corrected chi connectivity index (χ0v) is 4.98. The lowest BCUT2D eigenvalue weighted by Crippen LogP contribution is -2.14. The Hall–Kier alpha value is -0.740. The summed E-state index contributed by atoms with van der Waals surface area (Å²) in [6.45, 7) is 5.17. The maximum atomic E-state index is 4.97. The van der Waals surface area contributed by atoms with Crippen LogP contribution >= 0.6 is 0 Å². The molecule has 0 rings (SSSR count). The highest BCUT2D eigenvalue weighted by Gasteiger charge is 1.76. The summed E-state index contributed by atoms with van der Waals surface area (Å²) in [6.07, 6.45) is 7.82. The van der Waals surface area contributed by atoms with Crippen LogP contribution in [0.15, 0.2) is 12.7 Å². The van der Waals surface area contributed by atoms with E-state index in [2.05, 4.69) is 17.8 Å². The van der Waals surface area contributed by atoms with Crippen LogP contribution in [0, 0.1) is 12.3 Å². The largest absolute Gasteiger partial charge is 0.306 e. The van der Waals surface area contributed by atoms with Gasteiger partial charge in [-0.25, -0.2) is 0 Å². The standard InChI is InChI=1S/C7H11N/c1-3-5-7-8-6-4-2/h2-3,8H,1,5-7H2. The topological polar surface area (TPSA) is 12.0 Å². The fourth-order valence-electron chi connectivity index (χ4n) is 0.365. The molecule has 0 amide bonds. The van der Waals surface area contributed by atoms with E-state index in [1.54, 1.807) is 0 Å². The zero-order chi connectivity index (χ0) is 6.24. The first-order chi connectivity index (χ1) is 3.91. The Kier molecular flexibility index (Phi) is 5.68. The predicted octanol–water partition coefficient (Wildman–Crippen LogP) is 0.785. The van der Waals surface area contributed by atoms with Crippen molar-refractivity contribution in [3.05, 3.63) is 12.7 Å². The molecule has 0 fully saturated rings. The molecule has 0 unspecified atom stereocenters. The Bertz CT molecular complexity index is 89.1. The van der Waals surface area contributed by atoms with Crippen molar-refractivity contribution in [3.8, 4) is 12.3 Å². The second-order valence-electron chi connectivity index (χ2n) is 1.46. The van der Waals surface area contributed by atoms with Gasteiger partial charge >= 0.3 is 0 Å². The van der Waals surface area contributed by atoms with Crippen LogP contribution < -0.4 is 5.32 Å². The van der Waals surface area contributed by atoms with Gasteiger partial charge < -0.3 is 5.32 Å². The van der Waals surface area contributed by atoms with Crippen molar-refractivity contribution in [3.63, 3.8) is 0 Å². The fraction of sp³-hybridized carbons (Fsp3) is 0.429. The molecule has 0 aromatic rings. The molecule has 1 heteroatoms. The third-order valence-electron chi connectivity index (χ3n) is 0.752. The van der Waals surface area contributed by atoms with E-state index in [1.807, 2.05) is 6.08 Å². The maximum Gasteiger partial charge on any atom is 0.0573 e. The molecule has 1 N–H and O–H groups in total. The lowest BCUT2D eigenvalue weighted by atomic mass is 10.4. The SMILES string of the molecule is C#CCNCCC=C. The Morgan fingerprint density at radius 1 is 1.75 bits per heavy atom. The molecule has 44 valence electrons. The van der Waals surface area contributed by atoms with Crippen LogP contribution in [-0.2, 0) is 0 Å². The van der Waals surface area contributed by atoms with Gasteiger partial charge in [0.1, 0.15) is 0 Å². The van der Waals surface area contributed by atoms with Crippen molar-refractivity contribution in [2.75, 3.05) is 13.1 Å². The third-order valence-corrected chi connectivity index (χ3v) is 0.752. The molecule has 0 saturated heterocycles. The second kappa shape index (κ2) is 6.26. The highest BCUT2D eigenvalue weighted by atomic mass is 14.8. The van der Waals surface area contributed by atoms with Crippen LogP contribution in [0.2, 0.25) is 0 Å². The first kappa shape index (κ1) is 7.26. The Balaban J connectivity index is 2.74. The number of hydrogen-bond acceptors (Lipinski definition) is 1. The normalized spacial score (nSPS) is 7.88. The average Bonchev–Trinajstić information content (AvgIpc) is 1.81. The van der Waals surface area contributed by atoms with Crippen LogP contribution in [-0.4, -0.2) is 13.1 Å². The quantitative estimate of drug-likeness (QED) is 0.319. The van der Waals surface area contributed by atoms with Gasteiger partial charge in [-0.05, 0) is 13.0 Å². The first-order valence-corrected chi connectivity index (χ1v) is 2.67. The van der Waals surface area contributed by atoms with Crippen molar-refractivity contribution in [1.29, 1.82) is 0 Å². The van der Waals surface area contributed by atoms with Gasteiger partial charge in [-0.1, -0.05) is 12.0 Å². The number of hydrogen-bond donors (Lipinski definition) is 1. The summed E-state index contributed by atoms with van der Waals surface area (Å²) >= 11 is 0. The molecular formula is C7H11N. The smallest absolute Gasteiger partial charge is 0.0573 e. The van der Waals surface area contributed by atoms with Crippen molar-refractivity contribution >= 4 is 0 Å². The van der Waals surface area contributed by atoms with Gasteiger partial charge in [0.05, 0.1) is 6.54 Å². The molecule has 0 atom stereocenters. The molecule has 0 aromatic heterocycles. The van der Waals surface area contributed by atoms with Gasteiger partial charge in [0.15, 0.2) is 0 Å². The molecule has 0 spiro atoms. The van der Waals surface area contributed by atoms with E-state index in [0.29, 0.717) is 6.54 Å². The molecule has 0 aromatic carbocycles. The van der Waals surface area contributed by atoms with Crippen molar-refractivity contribution in [1.82, 2.24) is 5.32 Å². The lowest BCUT2D eigenvalue weighted by Gasteiger charge is -1.92. The van der Waals surface area contributed by atoms with Crippen LogP contribution in [0.5, 0.6) is 0 Å². The van der Waals surface area contributed by atoms with Gasteiger partial charge in [0, 0.05) is 0 Å². The molecule has 0 aliphatic carbocycles. The van der Waals surface area contributed by atoms with E-state index in [0.717, 1.165) is 13.0 Å². The van der Waals surface area contributed by atoms with Crippen LogP contribution in [0.3, 0.4) is 0 Å². The van der Waals surface area contributed by atoms with Gasteiger partial charge in [-0.2, -0.15) is 0 Å². The number of rotatable bonds is 4. The minimum Gasteiger partial charge on any atom is -0.306 e. The molecule has 0 aliphatic rings. The summed E-state index contributed by atoms with van der Waals surface area (Å²) < 4.78 is 0. The van der Waals surface area contributed by atoms with E-state index in [1.165, 1.54) is 0 Å². The summed E-state index contributed by atoms with van der Waals surface area (Å²) in [5, 5.41) is 3.03. The highest BCUT2D eigenvalue weighted by Crippen LogP contribution is 1.72. The van der Waals surface area contributed by atoms with Crippen molar-refractivity contribution in [2.24, 2.45) is 0 Å². The lowest BCUT2D eigenvalue weighted by molar-refractivity contribution is 0.767. The number of nitrogens with one attached hydrogen (secondary N) is 1. The molecular weight excluding hydrogens is 98.1 g/mol. The summed E-state index contributed by atoms with van der Waals surface area (Å²) in [7, 11) is 0. The predicted molar refractivity (Wildman–Crippen MR) is 36.5 cm³/mol. The van der Waals surface area contributed by atoms with Gasteiger partial charge in [-0.15, -0.1) is 13.0 Å². The molecule has 0 aliphatic heterocycles. The van der Waals surface area contributed by atoms with E-state index in [9.17, 15) is 0 Å². The van der Waals surface area contributed by atoms with Crippen molar-refractivity contribution in [2.45, 2.75) is 6.42 Å². The van der Waals surface area contributed by atoms with E-state index in [-0.39, 0.29) is 0 Å². The molecule has 0 saturated carbocycles. The van der Waals surface area contributed by atoms with E-state index >= 15 is 0 Å². The molecule has 8 heavy (non-hydrogen) atoms. The third kappa shape index (κ3) is 5.26. The first-order valence-electron chi connectivity index (χ1n) is 2.67. The summed E-state index contributed by atoms with van der Waals surface area (Å²) in [6, 6.07) is 0. The minimum absolute atomic E-state index is 0.661. The molecule has 0 heterocycles. The summed E-state index contributed by atoms with van der Waals surface area (Å²) in [5.41, 5.74) is 0. The van der Waals surface area contributed by atoms with Gasteiger partial charge in [0.25, 0.3) is 0 Å². The second-order valence-corrected chi connectivity index (χ2v) is 1.46. The highest BCUT2D eigenvalue weighted by molar-refractivity contribution is 4.86. The molecule has 1 nitrogen and oxygen atoms in total. The van der Waals surface area contributed by atoms with E-state index in [4.69, 9.17) is 6.42 Å². The summed E-state index contributed by atoms with van der Waals surface area (Å²) in [5.74, 6) is 2.48. The van der Waals surface area contributed by atoms with Crippen LogP contribution in [0.1, 0.15) is 6.42 Å². The molecule has 0 bridgehead atoms. The van der Waals surface area contributed by atoms with Crippen molar-refractivity contribution < 1.29 is 0 Å². The zero-order valence-electron chi connectivity index (χ0n) is 4.98. The maximum absolute atomic E-state index is 4.97. The fourth-order valence-corrected chi connectivity index (χ4v) is 0.365. The Labute approximate surface area is 50.8 Å². The minimum atomic E-state index is 0.661. The van der Waals surface area contributed by atoms with E-state index < -0.39 is 0 Å². The average molecular weight is 109 g/mol. The Morgan fingerprint density at radius 2 is 2.50 bits per heavy atom. The van der Waals surface area contributed by atoms with Crippen LogP contribution in [0.25, 0.3) is 0 Å². The van der Waals surface area contributed by atoms with Crippen LogP contribution in [0.4, 0.5) is 0 Å². The monoisotopic (exact) mass is 109 g/mol. The Morgan fingerprint density at radius 3 is 3.00 bits per heavy atom. The molecule has 0 radical (unpaired) electrons.